The largest absolute Gasteiger partial charge is 0.492 e. The van der Waals surface area contributed by atoms with Gasteiger partial charge in [-0.25, -0.2) is 0 Å². The summed E-state index contributed by atoms with van der Waals surface area (Å²) >= 11 is 0. The molecule has 0 amide bonds. The van der Waals surface area contributed by atoms with Gasteiger partial charge in [0, 0.05) is 6.04 Å². The summed E-state index contributed by atoms with van der Waals surface area (Å²) in [6, 6.07) is 6.97. The highest BCUT2D eigenvalue weighted by Gasteiger charge is 2.23. The fourth-order valence-electron chi connectivity index (χ4n) is 3.27. The van der Waals surface area contributed by atoms with Crippen molar-refractivity contribution >= 4 is 0 Å². The second kappa shape index (κ2) is 8.43. The number of aryl methyl sites for hydroxylation is 2. The third-order valence-electron chi connectivity index (χ3n) is 4.64. The summed E-state index contributed by atoms with van der Waals surface area (Å²) in [5, 5.41) is 3.72. The van der Waals surface area contributed by atoms with Crippen LogP contribution in [0.4, 0.5) is 0 Å². The first kappa shape index (κ1) is 16.4. The molecule has 0 aliphatic heterocycles. The first-order valence-electron chi connectivity index (χ1n) is 8.64. The SMILES string of the molecule is CCCNC(COc1cc(C)ccc1C)C1CCCCC1. The Bertz CT molecular complexity index is 424. The van der Waals surface area contributed by atoms with Crippen molar-refractivity contribution < 1.29 is 4.74 Å². The third kappa shape index (κ3) is 5.03. The molecule has 1 aliphatic carbocycles. The summed E-state index contributed by atoms with van der Waals surface area (Å²) in [5.41, 5.74) is 2.50. The molecular weight excluding hydrogens is 258 g/mol. The van der Waals surface area contributed by atoms with Crippen LogP contribution in [-0.4, -0.2) is 19.2 Å². The second-order valence-corrected chi connectivity index (χ2v) is 6.54. The van der Waals surface area contributed by atoms with Gasteiger partial charge >= 0.3 is 0 Å². The number of benzene rings is 1. The van der Waals surface area contributed by atoms with Crippen LogP contribution in [0.3, 0.4) is 0 Å². The van der Waals surface area contributed by atoms with Crippen molar-refractivity contribution in [3.63, 3.8) is 0 Å². The van der Waals surface area contributed by atoms with Crippen LogP contribution in [-0.2, 0) is 0 Å². The van der Waals surface area contributed by atoms with Gasteiger partial charge in [0.2, 0.25) is 0 Å². The van der Waals surface area contributed by atoms with E-state index < -0.39 is 0 Å². The third-order valence-corrected chi connectivity index (χ3v) is 4.64. The molecule has 0 heterocycles. The topological polar surface area (TPSA) is 21.3 Å². The van der Waals surface area contributed by atoms with E-state index >= 15 is 0 Å². The van der Waals surface area contributed by atoms with E-state index in [9.17, 15) is 0 Å². The van der Waals surface area contributed by atoms with Crippen molar-refractivity contribution in [3.8, 4) is 5.75 Å². The molecule has 1 N–H and O–H groups in total. The van der Waals surface area contributed by atoms with Crippen LogP contribution < -0.4 is 10.1 Å². The number of rotatable bonds is 7. The molecule has 1 atom stereocenters. The minimum absolute atomic E-state index is 0.505. The van der Waals surface area contributed by atoms with E-state index in [1.54, 1.807) is 0 Å². The highest BCUT2D eigenvalue weighted by molar-refractivity contribution is 5.35. The van der Waals surface area contributed by atoms with E-state index in [1.165, 1.54) is 49.7 Å². The van der Waals surface area contributed by atoms with E-state index in [0.717, 1.165) is 24.8 Å². The molecule has 2 rings (SSSR count). The molecule has 1 fully saturated rings. The minimum Gasteiger partial charge on any atom is -0.492 e. The maximum absolute atomic E-state index is 6.17. The van der Waals surface area contributed by atoms with Gasteiger partial charge < -0.3 is 10.1 Å². The van der Waals surface area contributed by atoms with Crippen LogP contribution in [0, 0.1) is 19.8 Å². The van der Waals surface area contributed by atoms with Gasteiger partial charge in [0.15, 0.2) is 0 Å². The fourth-order valence-corrected chi connectivity index (χ4v) is 3.27. The maximum Gasteiger partial charge on any atom is 0.122 e. The fraction of sp³-hybridized carbons (Fsp3) is 0.684. The predicted molar refractivity (Wildman–Crippen MR) is 90.1 cm³/mol. The average Bonchev–Trinajstić information content (AvgIpc) is 2.51. The first-order valence-corrected chi connectivity index (χ1v) is 8.64. The Morgan fingerprint density at radius 1 is 1.19 bits per heavy atom. The molecule has 1 aliphatic rings. The minimum atomic E-state index is 0.505. The molecule has 2 heteroatoms. The highest BCUT2D eigenvalue weighted by atomic mass is 16.5. The zero-order valence-electron chi connectivity index (χ0n) is 14.0. The van der Waals surface area contributed by atoms with Crippen molar-refractivity contribution in [2.45, 2.75) is 65.3 Å². The molecule has 0 radical (unpaired) electrons. The Kier molecular flexibility index (Phi) is 6.56. The van der Waals surface area contributed by atoms with Gasteiger partial charge in [0.1, 0.15) is 12.4 Å². The number of ether oxygens (including phenoxy) is 1. The van der Waals surface area contributed by atoms with Crippen molar-refractivity contribution in [1.82, 2.24) is 5.32 Å². The van der Waals surface area contributed by atoms with Crippen LogP contribution in [0.1, 0.15) is 56.6 Å². The molecule has 2 nitrogen and oxygen atoms in total. The van der Waals surface area contributed by atoms with Gasteiger partial charge in [0.05, 0.1) is 0 Å². The van der Waals surface area contributed by atoms with Crippen LogP contribution in [0.25, 0.3) is 0 Å². The van der Waals surface area contributed by atoms with Crippen molar-refractivity contribution in [3.05, 3.63) is 29.3 Å². The second-order valence-electron chi connectivity index (χ2n) is 6.54. The van der Waals surface area contributed by atoms with Crippen molar-refractivity contribution in [2.24, 2.45) is 5.92 Å². The van der Waals surface area contributed by atoms with Gasteiger partial charge in [-0.1, -0.05) is 38.3 Å². The van der Waals surface area contributed by atoms with Crippen LogP contribution >= 0.6 is 0 Å². The number of hydrogen-bond donors (Lipinski definition) is 1. The Balaban J connectivity index is 1.95. The van der Waals surface area contributed by atoms with Crippen molar-refractivity contribution in [2.75, 3.05) is 13.2 Å². The summed E-state index contributed by atoms with van der Waals surface area (Å²) in [4.78, 5) is 0. The summed E-state index contributed by atoms with van der Waals surface area (Å²) < 4.78 is 6.17. The van der Waals surface area contributed by atoms with E-state index in [-0.39, 0.29) is 0 Å². The summed E-state index contributed by atoms with van der Waals surface area (Å²) in [6.07, 6.45) is 8.09. The number of nitrogens with one attached hydrogen (secondary N) is 1. The lowest BCUT2D eigenvalue weighted by Crippen LogP contribution is -2.42. The molecule has 1 unspecified atom stereocenters. The smallest absolute Gasteiger partial charge is 0.122 e. The molecule has 0 saturated heterocycles. The zero-order chi connectivity index (χ0) is 15.1. The lowest BCUT2D eigenvalue weighted by molar-refractivity contribution is 0.185. The maximum atomic E-state index is 6.17. The van der Waals surface area contributed by atoms with Gasteiger partial charge in [0.25, 0.3) is 0 Å². The molecule has 0 bridgehead atoms. The summed E-state index contributed by atoms with van der Waals surface area (Å²) in [7, 11) is 0. The monoisotopic (exact) mass is 289 g/mol. The Morgan fingerprint density at radius 2 is 1.95 bits per heavy atom. The zero-order valence-corrected chi connectivity index (χ0v) is 14.0. The van der Waals surface area contributed by atoms with Gasteiger partial charge in [-0.2, -0.15) is 0 Å². The van der Waals surface area contributed by atoms with E-state index in [0.29, 0.717) is 6.04 Å². The Morgan fingerprint density at radius 3 is 2.67 bits per heavy atom. The normalized spacial score (nSPS) is 17.7. The van der Waals surface area contributed by atoms with E-state index in [4.69, 9.17) is 4.74 Å². The molecule has 21 heavy (non-hydrogen) atoms. The molecule has 1 aromatic rings. The standard InChI is InChI=1S/C19H31NO/c1-4-12-20-18(17-8-6-5-7-9-17)14-21-19-13-15(2)10-11-16(19)3/h10-11,13,17-18,20H,4-9,12,14H2,1-3H3. The summed E-state index contributed by atoms with van der Waals surface area (Å²) in [5.74, 6) is 1.84. The Labute approximate surface area is 130 Å². The first-order chi connectivity index (χ1) is 10.2. The van der Waals surface area contributed by atoms with Gasteiger partial charge in [-0.3, -0.25) is 0 Å². The van der Waals surface area contributed by atoms with E-state index in [1.807, 2.05) is 0 Å². The number of hydrogen-bond acceptors (Lipinski definition) is 2. The summed E-state index contributed by atoms with van der Waals surface area (Å²) in [6.45, 7) is 8.38. The van der Waals surface area contributed by atoms with Crippen LogP contribution in [0.2, 0.25) is 0 Å². The quantitative estimate of drug-likeness (QED) is 0.790. The molecule has 1 aromatic carbocycles. The van der Waals surface area contributed by atoms with Crippen LogP contribution in [0.5, 0.6) is 5.75 Å². The highest BCUT2D eigenvalue weighted by Crippen LogP contribution is 2.27. The predicted octanol–water partition coefficient (Wildman–Crippen LogP) is 4.63. The lowest BCUT2D eigenvalue weighted by atomic mass is 9.84. The van der Waals surface area contributed by atoms with Crippen LogP contribution in [0.15, 0.2) is 18.2 Å². The molecule has 118 valence electrons. The lowest BCUT2D eigenvalue weighted by Gasteiger charge is -2.31. The van der Waals surface area contributed by atoms with E-state index in [2.05, 4.69) is 44.3 Å². The molecular formula is C19H31NO. The average molecular weight is 289 g/mol. The molecule has 0 aromatic heterocycles. The molecule has 1 saturated carbocycles. The van der Waals surface area contributed by atoms with Gasteiger partial charge in [-0.05, 0) is 62.8 Å². The van der Waals surface area contributed by atoms with Gasteiger partial charge in [-0.15, -0.1) is 0 Å². The molecule has 0 spiro atoms. The van der Waals surface area contributed by atoms with Crippen molar-refractivity contribution in [1.29, 1.82) is 0 Å². The Hall–Kier alpha value is -1.02.